The van der Waals surface area contributed by atoms with Crippen LogP contribution in [0.1, 0.15) is 31.1 Å². The third-order valence-electron chi connectivity index (χ3n) is 2.97. The highest BCUT2D eigenvalue weighted by atomic mass is 35.5. The van der Waals surface area contributed by atoms with E-state index in [-0.39, 0.29) is 0 Å². The Morgan fingerprint density at radius 2 is 2.10 bits per heavy atom. The van der Waals surface area contributed by atoms with Crippen LogP contribution in [0.25, 0.3) is 0 Å². The van der Waals surface area contributed by atoms with Gasteiger partial charge < -0.3 is 15.0 Å². The molecule has 0 fully saturated rings. The van der Waals surface area contributed by atoms with Gasteiger partial charge in [0.15, 0.2) is 0 Å². The molecule has 2 rings (SSSR count). The number of aromatic nitrogens is 2. The Morgan fingerprint density at radius 3 is 2.75 bits per heavy atom. The van der Waals surface area contributed by atoms with Crippen LogP contribution in [0.4, 0.5) is 0 Å². The largest absolute Gasteiger partial charge is 0.485 e. The van der Waals surface area contributed by atoms with Gasteiger partial charge in [-0.15, -0.1) is 0 Å². The maximum atomic E-state index is 6.17. The van der Waals surface area contributed by atoms with E-state index in [0.29, 0.717) is 35.0 Å². The highest BCUT2D eigenvalue weighted by Crippen LogP contribution is 2.32. The van der Waals surface area contributed by atoms with E-state index in [9.17, 15) is 0 Å². The number of benzene rings is 1. The van der Waals surface area contributed by atoms with E-state index in [0.717, 1.165) is 11.3 Å². The SMILES string of the molecule is CC(C)n1cncc1COc1c(Cl)cc(Cl)cc1CN. The highest BCUT2D eigenvalue weighted by Gasteiger charge is 2.12. The first-order chi connectivity index (χ1) is 9.52. The first kappa shape index (κ1) is 15.2. The van der Waals surface area contributed by atoms with Crippen LogP contribution in [0.15, 0.2) is 24.7 Å². The summed E-state index contributed by atoms with van der Waals surface area (Å²) in [6.07, 6.45) is 3.57. The molecule has 0 bridgehead atoms. The highest BCUT2D eigenvalue weighted by molar-refractivity contribution is 6.35. The molecule has 0 aliphatic rings. The van der Waals surface area contributed by atoms with E-state index in [1.807, 2.05) is 4.57 Å². The minimum Gasteiger partial charge on any atom is -0.485 e. The number of hydrogen-bond donors (Lipinski definition) is 1. The average Bonchev–Trinajstić information content (AvgIpc) is 2.85. The van der Waals surface area contributed by atoms with Crippen molar-refractivity contribution < 1.29 is 4.74 Å². The van der Waals surface area contributed by atoms with Crippen molar-refractivity contribution in [2.45, 2.75) is 33.0 Å². The fourth-order valence-electron chi connectivity index (χ4n) is 1.98. The molecule has 0 amide bonds. The van der Waals surface area contributed by atoms with E-state index in [1.54, 1.807) is 24.7 Å². The molecule has 0 aliphatic heterocycles. The maximum absolute atomic E-state index is 6.17. The molecule has 6 heteroatoms. The Kier molecular flexibility index (Phi) is 4.91. The van der Waals surface area contributed by atoms with Crippen molar-refractivity contribution in [3.8, 4) is 5.75 Å². The first-order valence-electron chi connectivity index (χ1n) is 6.34. The van der Waals surface area contributed by atoms with Crippen molar-refractivity contribution in [2.24, 2.45) is 5.73 Å². The van der Waals surface area contributed by atoms with Crippen LogP contribution in [-0.4, -0.2) is 9.55 Å². The molecule has 0 unspecified atom stereocenters. The van der Waals surface area contributed by atoms with E-state index >= 15 is 0 Å². The van der Waals surface area contributed by atoms with E-state index in [2.05, 4.69) is 18.8 Å². The van der Waals surface area contributed by atoms with Crippen LogP contribution >= 0.6 is 23.2 Å². The molecule has 20 heavy (non-hydrogen) atoms. The molecule has 1 aromatic carbocycles. The van der Waals surface area contributed by atoms with Crippen LogP contribution in [-0.2, 0) is 13.2 Å². The van der Waals surface area contributed by atoms with Crippen LogP contribution in [0.2, 0.25) is 10.0 Å². The molecule has 0 radical (unpaired) electrons. The predicted octanol–water partition coefficient (Wildman–Crippen LogP) is 3.81. The second-order valence-corrected chi connectivity index (χ2v) is 5.60. The maximum Gasteiger partial charge on any atom is 0.143 e. The predicted molar refractivity (Wildman–Crippen MR) is 81.3 cm³/mol. The van der Waals surface area contributed by atoms with E-state index in [1.165, 1.54) is 0 Å². The lowest BCUT2D eigenvalue weighted by molar-refractivity contribution is 0.289. The van der Waals surface area contributed by atoms with Crippen LogP contribution in [0, 0.1) is 0 Å². The molecule has 4 nitrogen and oxygen atoms in total. The van der Waals surface area contributed by atoms with Gasteiger partial charge in [-0.1, -0.05) is 23.2 Å². The minimum atomic E-state index is 0.319. The quantitative estimate of drug-likeness (QED) is 0.913. The number of hydrogen-bond acceptors (Lipinski definition) is 3. The minimum absolute atomic E-state index is 0.319. The summed E-state index contributed by atoms with van der Waals surface area (Å²) in [6.45, 7) is 4.88. The summed E-state index contributed by atoms with van der Waals surface area (Å²) in [4.78, 5) is 4.14. The molecular formula is C14H17Cl2N3O. The molecule has 0 aliphatic carbocycles. The molecular weight excluding hydrogens is 297 g/mol. The van der Waals surface area contributed by atoms with Gasteiger partial charge in [0, 0.05) is 23.2 Å². The van der Waals surface area contributed by atoms with Gasteiger partial charge in [0.1, 0.15) is 12.4 Å². The van der Waals surface area contributed by atoms with Gasteiger partial charge in [-0.3, -0.25) is 0 Å². The van der Waals surface area contributed by atoms with Gasteiger partial charge in [-0.2, -0.15) is 0 Å². The third kappa shape index (κ3) is 3.26. The first-order valence-corrected chi connectivity index (χ1v) is 7.10. The zero-order valence-electron chi connectivity index (χ0n) is 11.4. The molecule has 108 valence electrons. The fourth-order valence-corrected chi connectivity index (χ4v) is 2.57. The number of rotatable bonds is 5. The van der Waals surface area contributed by atoms with Crippen LogP contribution in [0.5, 0.6) is 5.75 Å². The van der Waals surface area contributed by atoms with Crippen LogP contribution < -0.4 is 10.5 Å². The van der Waals surface area contributed by atoms with Gasteiger partial charge in [0.25, 0.3) is 0 Å². The second-order valence-electron chi connectivity index (χ2n) is 4.75. The average molecular weight is 314 g/mol. The van der Waals surface area contributed by atoms with E-state index in [4.69, 9.17) is 33.7 Å². The Balaban J connectivity index is 2.21. The number of nitrogens with two attached hydrogens (primary N) is 1. The molecule has 0 spiro atoms. The summed E-state index contributed by atoms with van der Waals surface area (Å²) in [5.41, 5.74) is 7.47. The lowest BCUT2D eigenvalue weighted by Crippen LogP contribution is -2.09. The zero-order chi connectivity index (χ0) is 14.7. The topological polar surface area (TPSA) is 53.1 Å². The molecule has 0 saturated carbocycles. The Morgan fingerprint density at radius 1 is 1.35 bits per heavy atom. The summed E-state index contributed by atoms with van der Waals surface area (Å²) in [7, 11) is 0. The monoisotopic (exact) mass is 313 g/mol. The van der Waals surface area contributed by atoms with Gasteiger partial charge >= 0.3 is 0 Å². The number of halogens is 2. The smallest absolute Gasteiger partial charge is 0.143 e. The van der Waals surface area contributed by atoms with Crippen molar-refractivity contribution in [1.29, 1.82) is 0 Å². The molecule has 0 saturated heterocycles. The number of nitrogens with zero attached hydrogens (tertiary/aromatic N) is 2. The summed E-state index contributed by atoms with van der Waals surface area (Å²) in [6, 6.07) is 3.74. The van der Waals surface area contributed by atoms with Crippen LogP contribution in [0.3, 0.4) is 0 Å². The number of imidazole rings is 1. The molecule has 1 heterocycles. The van der Waals surface area contributed by atoms with Crippen molar-refractivity contribution >= 4 is 23.2 Å². The normalized spacial score (nSPS) is 11.1. The van der Waals surface area contributed by atoms with Gasteiger partial charge in [0.05, 0.1) is 23.2 Å². The standard InChI is InChI=1S/C14H17Cl2N3O/c1-9(2)19-8-18-6-12(19)7-20-14-10(5-17)3-11(15)4-13(14)16/h3-4,6,8-9H,5,7,17H2,1-2H3. The van der Waals surface area contributed by atoms with Gasteiger partial charge in [-0.25, -0.2) is 4.98 Å². The Hall–Kier alpha value is -1.23. The molecule has 0 atom stereocenters. The van der Waals surface area contributed by atoms with Gasteiger partial charge in [-0.05, 0) is 26.0 Å². The fraction of sp³-hybridized carbons (Fsp3) is 0.357. The summed E-state index contributed by atoms with van der Waals surface area (Å²) >= 11 is 12.1. The second kappa shape index (κ2) is 6.48. The Labute approximate surface area is 128 Å². The summed E-state index contributed by atoms with van der Waals surface area (Å²) < 4.78 is 7.87. The van der Waals surface area contributed by atoms with Crippen molar-refractivity contribution in [2.75, 3.05) is 0 Å². The van der Waals surface area contributed by atoms with E-state index < -0.39 is 0 Å². The van der Waals surface area contributed by atoms with Crippen molar-refractivity contribution in [3.63, 3.8) is 0 Å². The molecule has 2 aromatic rings. The van der Waals surface area contributed by atoms with Gasteiger partial charge in [0.2, 0.25) is 0 Å². The van der Waals surface area contributed by atoms with Crippen molar-refractivity contribution in [3.05, 3.63) is 46.0 Å². The lowest BCUT2D eigenvalue weighted by atomic mass is 10.2. The summed E-state index contributed by atoms with van der Waals surface area (Å²) in [5.74, 6) is 0.579. The summed E-state index contributed by atoms with van der Waals surface area (Å²) in [5, 5.41) is 1.02. The van der Waals surface area contributed by atoms with Crippen molar-refractivity contribution in [1.82, 2.24) is 9.55 Å². The zero-order valence-corrected chi connectivity index (χ0v) is 12.9. The lowest BCUT2D eigenvalue weighted by Gasteiger charge is -2.15. The third-order valence-corrected chi connectivity index (χ3v) is 3.47. The molecule has 2 N–H and O–H groups in total. The number of ether oxygens (including phenoxy) is 1. The Bertz CT molecular complexity index is 596. The molecule has 1 aromatic heterocycles.